The first kappa shape index (κ1) is 12.6. The number of carbonyl (C=O) groups is 1. The van der Waals surface area contributed by atoms with Gasteiger partial charge in [0.2, 0.25) is 5.91 Å². The molecule has 3 atom stereocenters. The van der Waals surface area contributed by atoms with Crippen molar-refractivity contribution in [3.8, 4) is 0 Å². The molecule has 0 aliphatic heterocycles. The highest BCUT2D eigenvalue weighted by Crippen LogP contribution is 1.90. The maximum Gasteiger partial charge on any atom is 0.237 e. The van der Waals surface area contributed by atoms with Gasteiger partial charge in [0.15, 0.2) is 0 Å². The third-order valence-corrected chi connectivity index (χ3v) is 2.62. The Hall–Kier alpha value is -0.420. The molecular formula is C8H18N2O2S. The number of hydrogen-bond acceptors (Lipinski definition) is 3. The summed E-state index contributed by atoms with van der Waals surface area (Å²) in [6.45, 7) is 3.68. The van der Waals surface area contributed by atoms with Crippen molar-refractivity contribution in [2.75, 3.05) is 12.0 Å². The highest BCUT2D eigenvalue weighted by Gasteiger charge is 2.13. The zero-order chi connectivity index (χ0) is 10.4. The van der Waals surface area contributed by atoms with E-state index in [-0.39, 0.29) is 11.9 Å². The van der Waals surface area contributed by atoms with Gasteiger partial charge in [0.25, 0.3) is 0 Å². The van der Waals surface area contributed by atoms with Crippen LogP contribution in [0.25, 0.3) is 0 Å². The highest BCUT2D eigenvalue weighted by molar-refractivity contribution is 7.84. The molecule has 0 spiro atoms. The monoisotopic (exact) mass is 206 g/mol. The second kappa shape index (κ2) is 6.10. The fourth-order valence-corrected chi connectivity index (χ4v) is 1.72. The van der Waals surface area contributed by atoms with E-state index in [0.717, 1.165) is 0 Å². The van der Waals surface area contributed by atoms with Crippen molar-refractivity contribution >= 4 is 16.7 Å². The number of carbonyl (C=O) groups excluding carboxylic acids is 1. The highest BCUT2D eigenvalue weighted by atomic mass is 32.2. The summed E-state index contributed by atoms with van der Waals surface area (Å²) in [5.41, 5.74) is 5.51. The molecule has 0 bridgehead atoms. The molecule has 78 valence electrons. The van der Waals surface area contributed by atoms with Crippen LogP contribution in [0.4, 0.5) is 0 Å². The Bertz CT molecular complexity index is 197. The summed E-state index contributed by atoms with van der Waals surface area (Å²) < 4.78 is 10.8. The second-order valence-corrected chi connectivity index (χ2v) is 4.64. The number of amides is 1. The van der Waals surface area contributed by atoms with Gasteiger partial charge >= 0.3 is 0 Å². The first-order valence-corrected chi connectivity index (χ1v) is 6.06. The van der Waals surface area contributed by atoms with Crippen molar-refractivity contribution in [3.05, 3.63) is 0 Å². The molecule has 13 heavy (non-hydrogen) atoms. The standard InChI is InChI=1S/C8H18N2O2S/c1-4-7(9)8(11)10-6(2)5-13(3)12/h6-7H,4-5,9H2,1-3H3,(H,10,11)/t6?,7-,13?/m0/s1. The molecule has 0 aromatic carbocycles. The summed E-state index contributed by atoms with van der Waals surface area (Å²) in [6.07, 6.45) is 2.23. The second-order valence-electron chi connectivity index (χ2n) is 3.16. The van der Waals surface area contributed by atoms with Crippen LogP contribution in [0.2, 0.25) is 0 Å². The summed E-state index contributed by atoms with van der Waals surface area (Å²) in [5, 5.41) is 2.70. The Morgan fingerprint density at radius 2 is 2.15 bits per heavy atom. The van der Waals surface area contributed by atoms with Gasteiger partial charge in [-0.25, -0.2) is 0 Å². The first-order chi connectivity index (χ1) is 5.97. The molecule has 0 rings (SSSR count). The minimum Gasteiger partial charge on any atom is -0.351 e. The van der Waals surface area contributed by atoms with E-state index in [1.54, 1.807) is 6.26 Å². The minimum absolute atomic E-state index is 0.0732. The van der Waals surface area contributed by atoms with E-state index in [1.807, 2.05) is 13.8 Å². The zero-order valence-corrected chi connectivity index (χ0v) is 9.19. The van der Waals surface area contributed by atoms with E-state index in [2.05, 4.69) is 5.32 Å². The van der Waals surface area contributed by atoms with Gasteiger partial charge < -0.3 is 11.1 Å². The number of nitrogens with one attached hydrogen (secondary N) is 1. The van der Waals surface area contributed by atoms with Crippen molar-refractivity contribution in [1.82, 2.24) is 5.32 Å². The summed E-state index contributed by atoms with van der Waals surface area (Å²) in [4.78, 5) is 11.2. The van der Waals surface area contributed by atoms with Crippen LogP contribution in [-0.4, -0.2) is 34.2 Å². The predicted octanol–water partition coefficient (Wildman–Crippen LogP) is -0.393. The van der Waals surface area contributed by atoms with Crippen molar-refractivity contribution in [3.63, 3.8) is 0 Å². The van der Waals surface area contributed by atoms with Crippen LogP contribution >= 0.6 is 0 Å². The smallest absolute Gasteiger partial charge is 0.237 e. The van der Waals surface area contributed by atoms with Gasteiger partial charge in [-0.1, -0.05) is 6.92 Å². The lowest BCUT2D eigenvalue weighted by Gasteiger charge is -2.15. The Kier molecular flexibility index (Phi) is 5.90. The van der Waals surface area contributed by atoms with Gasteiger partial charge in [-0.05, 0) is 13.3 Å². The molecule has 0 saturated heterocycles. The molecule has 1 amide bonds. The van der Waals surface area contributed by atoms with Crippen LogP contribution < -0.4 is 11.1 Å². The van der Waals surface area contributed by atoms with E-state index in [9.17, 15) is 9.00 Å². The third-order valence-electron chi connectivity index (χ3n) is 1.65. The van der Waals surface area contributed by atoms with Crippen LogP contribution in [0.15, 0.2) is 0 Å². The van der Waals surface area contributed by atoms with Gasteiger partial charge in [0, 0.05) is 28.9 Å². The molecule has 0 aliphatic carbocycles. The molecule has 0 aromatic heterocycles. The van der Waals surface area contributed by atoms with Crippen molar-refractivity contribution in [1.29, 1.82) is 0 Å². The maximum absolute atomic E-state index is 11.2. The minimum atomic E-state index is -0.883. The molecular weight excluding hydrogens is 188 g/mol. The molecule has 0 aromatic rings. The average molecular weight is 206 g/mol. The molecule has 5 heteroatoms. The summed E-state index contributed by atoms with van der Waals surface area (Å²) in [7, 11) is -0.883. The lowest BCUT2D eigenvalue weighted by atomic mass is 10.2. The Morgan fingerprint density at radius 1 is 1.62 bits per heavy atom. The maximum atomic E-state index is 11.2. The van der Waals surface area contributed by atoms with E-state index < -0.39 is 16.8 Å². The van der Waals surface area contributed by atoms with Crippen LogP contribution in [0.3, 0.4) is 0 Å². The Morgan fingerprint density at radius 3 is 2.54 bits per heavy atom. The van der Waals surface area contributed by atoms with Gasteiger partial charge in [0.05, 0.1) is 6.04 Å². The first-order valence-electron chi connectivity index (χ1n) is 4.33. The zero-order valence-electron chi connectivity index (χ0n) is 8.37. The number of hydrogen-bond donors (Lipinski definition) is 2. The van der Waals surface area contributed by atoms with E-state index in [0.29, 0.717) is 12.2 Å². The van der Waals surface area contributed by atoms with Gasteiger partial charge in [-0.3, -0.25) is 9.00 Å². The molecule has 2 unspecified atom stereocenters. The molecule has 0 saturated carbocycles. The lowest BCUT2D eigenvalue weighted by molar-refractivity contribution is -0.122. The quantitative estimate of drug-likeness (QED) is 0.643. The number of nitrogens with two attached hydrogens (primary N) is 1. The molecule has 0 aliphatic rings. The Labute approximate surface area is 81.7 Å². The Balaban J connectivity index is 3.84. The molecule has 0 heterocycles. The summed E-state index contributed by atoms with van der Waals surface area (Å²) in [5.74, 6) is 0.308. The summed E-state index contributed by atoms with van der Waals surface area (Å²) >= 11 is 0. The normalized spacial score (nSPS) is 17.5. The average Bonchev–Trinajstić information content (AvgIpc) is 2.01. The topological polar surface area (TPSA) is 72.2 Å². The predicted molar refractivity (Wildman–Crippen MR) is 54.8 cm³/mol. The van der Waals surface area contributed by atoms with Crippen molar-refractivity contribution < 1.29 is 9.00 Å². The fourth-order valence-electron chi connectivity index (χ4n) is 0.929. The summed E-state index contributed by atoms with van der Waals surface area (Å²) in [6, 6.07) is -0.524. The molecule has 4 nitrogen and oxygen atoms in total. The molecule has 0 fully saturated rings. The van der Waals surface area contributed by atoms with Crippen LogP contribution in [-0.2, 0) is 15.6 Å². The fraction of sp³-hybridized carbons (Fsp3) is 0.875. The molecule has 0 radical (unpaired) electrons. The number of rotatable bonds is 5. The van der Waals surface area contributed by atoms with Gasteiger partial charge in [-0.2, -0.15) is 0 Å². The van der Waals surface area contributed by atoms with E-state index >= 15 is 0 Å². The van der Waals surface area contributed by atoms with Crippen LogP contribution in [0, 0.1) is 0 Å². The van der Waals surface area contributed by atoms with Crippen molar-refractivity contribution in [2.24, 2.45) is 5.73 Å². The van der Waals surface area contributed by atoms with Crippen LogP contribution in [0.5, 0.6) is 0 Å². The largest absolute Gasteiger partial charge is 0.351 e. The van der Waals surface area contributed by atoms with E-state index in [1.165, 1.54) is 0 Å². The van der Waals surface area contributed by atoms with Gasteiger partial charge in [-0.15, -0.1) is 0 Å². The lowest BCUT2D eigenvalue weighted by Crippen LogP contribution is -2.45. The third kappa shape index (κ3) is 5.76. The van der Waals surface area contributed by atoms with Crippen LogP contribution in [0.1, 0.15) is 20.3 Å². The van der Waals surface area contributed by atoms with E-state index in [4.69, 9.17) is 5.73 Å². The van der Waals surface area contributed by atoms with Gasteiger partial charge in [0.1, 0.15) is 0 Å². The van der Waals surface area contributed by atoms with Crippen molar-refractivity contribution in [2.45, 2.75) is 32.4 Å². The molecule has 3 N–H and O–H groups in total. The SMILES string of the molecule is CC[C@H](N)C(=O)NC(C)CS(C)=O.